The average Bonchev–Trinajstić information content (AvgIpc) is 2.02. The summed E-state index contributed by atoms with van der Waals surface area (Å²) in [5, 5.41) is 3.01. The molecule has 0 rings (SSSR count). The molecule has 0 fully saturated rings. The van der Waals surface area contributed by atoms with Crippen molar-refractivity contribution >= 4 is 0 Å². The summed E-state index contributed by atoms with van der Waals surface area (Å²) in [6, 6.07) is -0.0835. The Balaban J connectivity index is 3.65. The average molecular weight is 211 g/mol. The summed E-state index contributed by atoms with van der Waals surface area (Å²) >= 11 is 0. The first-order valence-corrected chi connectivity index (χ1v) is 4.48. The highest BCUT2D eigenvalue weighted by atomic mass is 19.4. The van der Waals surface area contributed by atoms with Crippen molar-refractivity contribution in [3.05, 3.63) is 12.7 Å². The topological polar surface area (TPSA) is 21.3 Å². The van der Waals surface area contributed by atoms with Crippen LogP contribution in [0, 0.1) is 0 Å². The fourth-order valence-corrected chi connectivity index (χ4v) is 1.02. The maximum atomic E-state index is 11.7. The van der Waals surface area contributed by atoms with Crippen molar-refractivity contribution in [2.45, 2.75) is 25.6 Å². The van der Waals surface area contributed by atoms with Crippen molar-refractivity contribution in [1.82, 2.24) is 5.32 Å². The Hall–Kier alpha value is -0.550. The second kappa shape index (κ2) is 6.84. The molecule has 84 valence electrons. The number of alkyl halides is 3. The van der Waals surface area contributed by atoms with Crippen molar-refractivity contribution in [2.75, 3.05) is 19.8 Å². The molecule has 0 saturated carbocycles. The van der Waals surface area contributed by atoms with E-state index < -0.39 is 12.8 Å². The van der Waals surface area contributed by atoms with Crippen LogP contribution in [0.5, 0.6) is 0 Å². The quantitative estimate of drug-likeness (QED) is 0.651. The lowest BCUT2D eigenvalue weighted by molar-refractivity contribution is -0.175. The first-order valence-electron chi connectivity index (χ1n) is 4.48. The lowest BCUT2D eigenvalue weighted by atomic mass is 10.2. The molecule has 0 radical (unpaired) electrons. The molecule has 0 aliphatic rings. The number of rotatable bonds is 7. The highest BCUT2D eigenvalue weighted by Gasteiger charge is 2.27. The third kappa shape index (κ3) is 8.07. The summed E-state index contributed by atoms with van der Waals surface area (Å²) in [5.74, 6) is 0. The molecule has 0 aromatic rings. The van der Waals surface area contributed by atoms with E-state index in [-0.39, 0.29) is 12.6 Å². The molecule has 1 atom stereocenters. The summed E-state index contributed by atoms with van der Waals surface area (Å²) in [6.07, 6.45) is -1.99. The highest BCUT2D eigenvalue weighted by molar-refractivity contribution is 4.77. The van der Waals surface area contributed by atoms with E-state index in [1.54, 1.807) is 6.08 Å². The van der Waals surface area contributed by atoms with Gasteiger partial charge < -0.3 is 10.1 Å². The van der Waals surface area contributed by atoms with Crippen LogP contribution in [0.1, 0.15) is 13.3 Å². The molecule has 0 spiro atoms. The Morgan fingerprint density at radius 1 is 1.50 bits per heavy atom. The second-order valence-corrected chi connectivity index (χ2v) is 2.91. The minimum absolute atomic E-state index is 0.0549. The zero-order chi connectivity index (χ0) is 11.0. The van der Waals surface area contributed by atoms with Crippen LogP contribution >= 0.6 is 0 Å². The van der Waals surface area contributed by atoms with Gasteiger partial charge in [0.25, 0.3) is 0 Å². The van der Waals surface area contributed by atoms with Gasteiger partial charge in [0.05, 0.1) is 6.61 Å². The first-order chi connectivity index (χ1) is 6.49. The molecular weight excluding hydrogens is 195 g/mol. The predicted octanol–water partition coefficient (Wildman–Crippen LogP) is 2.12. The van der Waals surface area contributed by atoms with Gasteiger partial charge in [-0.1, -0.05) is 13.0 Å². The van der Waals surface area contributed by atoms with E-state index in [1.807, 2.05) is 6.92 Å². The SMILES string of the molecule is C=CCC(COCC(F)(F)F)NCC. The van der Waals surface area contributed by atoms with Crippen LogP contribution in [0.2, 0.25) is 0 Å². The van der Waals surface area contributed by atoms with Crippen LogP contribution < -0.4 is 5.32 Å². The molecule has 0 aliphatic heterocycles. The Bertz CT molecular complexity index is 159. The molecule has 5 heteroatoms. The van der Waals surface area contributed by atoms with Crippen molar-refractivity contribution in [1.29, 1.82) is 0 Å². The molecule has 0 saturated heterocycles. The number of nitrogens with one attached hydrogen (secondary N) is 1. The van der Waals surface area contributed by atoms with Gasteiger partial charge in [-0.05, 0) is 13.0 Å². The number of hydrogen-bond donors (Lipinski definition) is 1. The number of halogens is 3. The third-order valence-electron chi connectivity index (χ3n) is 1.53. The van der Waals surface area contributed by atoms with E-state index in [9.17, 15) is 13.2 Å². The van der Waals surface area contributed by atoms with E-state index in [4.69, 9.17) is 0 Å². The summed E-state index contributed by atoms with van der Waals surface area (Å²) in [5.41, 5.74) is 0. The maximum Gasteiger partial charge on any atom is 0.411 e. The largest absolute Gasteiger partial charge is 0.411 e. The van der Waals surface area contributed by atoms with Gasteiger partial charge >= 0.3 is 6.18 Å². The van der Waals surface area contributed by atoms with Crippen molar-refractivity contribution in [3.63, 3.8) is 0 Å². The molecule has 0 heterocycles. The molecule has 0 bridgehead atoms. The van der Waals surface area contributed by atoms with Crippen LogP contribution in [0.15, 0.2) is 12.7 Å². The van der Waals surface area contributed by atoms with Gasteiger partial charge in [-0.2, -0.15) is 13.2 Å². The van der Waals surface area contributed by atoms with Gasteiger partial charge in [0, 0.05) is 6.04 Å². The van der Waals surface area contributed by atoms with Crippen LogP contribution in [-0.4, -0.2) is 32.0 Å². The highest BCUT2D eigenvalue weighted by Crippen LogP contribution is 2.14. The van der Waals surface area contributed by atoms with Gasteiger partial charge in [0.1, 0.15) is 6.61 Å². The van der Waals surface area contributed by atoms with E-state index in [0.29, 0.717) is 13.0 Å². The van der Waals surface area contributed by atoms with Crippen LogP contribution in [-0.2, 0) is 4.74 Å². The fourth-order valence-electron chi connectivity index (χ4n) is 1.02. The molecule has 0 aliphatic carbocycles. The molecule has 0 aromatic heterocycles. The molecule has 14 heavy (non-hydrogen) atoms. The minimum Gasteiger partial charge on any atom is -0.370 e. The zero-order valence-corrected chi connectivity index (χ0v) is 8.23. The molecule has 1 unspecified atom stereocenters. The molecule has 1 N–H and O–H groups in total. The van der Waals surface area contributed by atoms with Gasteiger partial charge in [-0.3, -0.25) is 0 Å². The van der Waals surface area contributed by atoms with E-state index in [0.717, 1.165) is 0 Å². The van der Waals surface area contributed by atoms with Crippen molar-refractivity contribution in [2.24, 2.45) is 0 Å². The normalized spacial score (nSPS) is 14.0. The van der Waals surface area contributed by atoms with Crippen LogP contribution in [0.25, 0.3) is 0 Å². The van der Waals surface area contributed by atoms with E-state index in [1.165, 1.54) is 0 Å². The zero-order valence-electron chi connectivity index (χ0n) is 8.23. The van der Waals surface area contributed by atoms with Gasteiger partial charge in [-0.15, -0.1) is 6.58 Å². The fraction of sp³-hybridized carbons (Fsp3) is 0.778. The van der Waals surface area contributed by atoms with Crippen LogP contribution in [0.3, 0.4) is 0 Å². The first kappa shape index (κ1) is 13.4. The van der Waals surface area contributed by atoms with Crippen molar-refractivity contribution in [3.8, 4) is 0 Å². The lowest BCUT2D eigenvalue weighted by Gasteiger charge is -2.16. The Morgan fingerprint density at radius 3 is 2.57 bits per heavy atom. The molecule has 0 amide bonds. The minimum atomic E-state index is -4.25. The van der Waals surface area contributed by atoms with Gasteiger partial charge in [-0.25, -0.2) is 0 Å². The maximum absolute atomic E-state index is 11.7. The summed E-state index contributed by atoms with van der Waals surface area (Å²) in [7, 11) is 0. The van der Waals surface area contributed by atoms with Gasteiger partial charge in [0.2, 0.25) is 0 Å². The number of ether oxygens (including phenoxy) is 1. The molecule has 2 nitrogen and oxygen atoms in total. The third-order valence-corrected chi connectivity index (χ3v) is 1.53. The van der Waals surface area contributed by atoms with Crippen molar-refractivity contribution < 1.29 is 17.9 Å². The standard InChI is InChI=1S/C9H16F3NO/c1-3-5-8(13-4-2)6-14-7-9(10,11)12/h3,8,13H,1,4-7H2,2H3. The smallest absolute Gasteiger partial charge is 0.370 e. The van der Waals surface area contributed by atoms with E-state index in [2.05, 4.69) is 16.6 Å². The van der Waals surface area contributed by atoms with E-state index >= 15 is 0 Å². The summed E-state index contributed by atoms with van der Waals surface area (Å²) < 4.78 is 39.7. The summed E-state index contributed by atoms with van der Waals surface area (Å²) in [6.45, 7) is 4.98. The van der Waals surface area contributed by atoms with Crippen LogP contribution in [0.4, 0.5) is 13.2 Å². The Morgan fingerprint density at radius 2 is 2.14 bits per heavy atom. The van der Waals surface area contributed by atoms with Gasteiger partial charge in [0.15, 0.2) is 0 Å². The lowest BCUT2D eigenvalue weighted by Crippen LogP contribution is -2.34. The molecule has 0 aromatic carbocycles. The monoisotopic (exact) mass is 211 g/mol. The summed E-state index contributed by atoms with van der Waals surface area (Å²) in [4.78, 5) is 0. The molecular formula is C9H16F3NO. The Labute approximate surface area is 82.1 Å². The number of likely N-dealkylation sites (N-methyl/N-ethyl adjacent to an activating group) is 1. The predicted molar refractivity (Wildman–Crippen MR) is 49.2 cm³/mol. The second-order valence-electron chi connectivity index (χ2n) is 2.91. The number of hydrogen-bond acceptors (Lipinski definition) is 2. The Kier molecular flexibility index (Phi) is 6.57.